The van der Waals surface area contributed by atoms with Crippen molar-refractivity contribution < 1.29 is 27.1 Å². The van der Waals surface area contributed by atoms with Crippen LogP contribution in [-0.2, 0) is 14.6 Å². The van der Waals surface area contributed by atoms with Gasteiger partial charge in [-0.1, -0.05) is 6.92 Å². The van der Waals surface area contributed by atoms with Crippen LogP contribution in [0.1, 0.15) is 19.8 Å². The van der Waals surface area contributed by atoms with Crippen LogP contribution in [0.2, 0.25) is 0 Å². The highest BCUT2D eigenvalue weighted by atomic mass is 32.2. The van der Waals surface area contributed by atoms with Crippen molar-refractivity contribution in [3.05, 3.63) is 29.8 Å². The van der Waals surface area contributed by atoms with Gasteiger partial charge < -0.3 is 5.11 Å². The average molecular weight is 290 g/mol. The van der Waals surface area contributed by atoms with Gasteiger partial charge in [0.1, 0.15) is 16.5 Å². The third kappa shape index (κ3) is 1.92. The zero-order chi connectivity index (χ0) is 14.4. The third-order valence-electron chi connectivity index (χ3n) is 3.44. The minimum atomic E-state index is -4.38. The minimum Gasteiger partial charge on any atom is -0.480 e. The predicted octanol–water partition coefficient (Wildman–Crippen LogP) is 1.99. The highest BCUT2D eigenvalue weighted by Gasteiger charge is 2.59. The molecule has 19 heavy (non-hydrogen) atoms. The normalized spacial score (nSPS) is 26.8. The van der Waals surface area contributed by atoms with E-state index in [1.807, 2.05) is 0 Å². The number of carboxylic acid groups (broad SMARTS) is 1. The van der Waals surface area contributed by atoms with Crippen molar-refractivity contribution in [2.24, 2.45) is 5.92 Å². The molecule has 104 valence electrons. The monoisotopic (exact) mass is 290 g/mol. The van der Waals surface area contributed by atoms with Crippen molar-refractivity contribution in [3.63, 3.8) is 0 Å². The SMILES string of the molecule is CC1CC(C(=O)O)(S(=O)(=O)c2ccc(F)cc2F)C1. The molecule has 0 aliphatic heterocycles. The standard InChI is InChI=1S/C12H12F2O4S/c1-7-5-12(6-7,11(15)16)19(17,18)10-3-2-8(13)4-9(10)14/h2-4,7H,5-6H2,1H3,(H,15,16). The van der Waals surface area contributed by atoms with E-state index in [0.29, 0.717) is 6.07 Å². The molecule has 1 aliphatic rings. The molecule has 0 aromatic heterocycles. The Labute approximate surface area is 109 Å². The van der Waals surface area contributed by atoms with Gasteiger partial charge in [-0.2, -0.15) is 0 Å². The summed E-state index contributed by atoms with van der Waals surface area (Å²) in [6.45, 7) is 1.72. The number of carboxylic acids is 1. The molecule has 0 unspecified atom stereocenters. The number of halogens is 2. The maximum Gasteiger partial charge on any atom is 0.325 e. The van der Waals surface area contributed by atoms with Gasteiger partial charge in [0.15, 0.2) is 14.6 Å². The molecule has 7 heteroatoms. The Morgan fingerprint density at radius 2 is 1.95 bits per heavy atom. The Hall–Kier alpha value is -1.50. The van der Waals surface area contributed by atoms with Crippen LogP contribution < -0.4 is 0 Å². The molecular weight excluding hydrogens is 278 g/mol. The van der Waals surface area contributed by atoms with Crippen LogP contribution in [0.3, 0.4) is 0 Å². The Morgan fingerprint density at radius 1 is 1.37 bits per heavy atom. The van der Waals surface area contributed by atoms with Crippen molar-refractivity contribution in [2.75, 3.05) is 0 Å². The number of sulfone groups is 1. The van der Waals surface area contributed by atoms with E-state index in [0.717, 1.165) is 12.1 Å². The number of aliphatic carboxylic acids is 1. The number of benzene rings is 1. The molecule has 0 heterocycles. The van der Waals surface area contributed by atoms with Gasteiger partial charge >= 0.3 is 5.97 Å². The van der Waals surface area contributed by atoms with Gasteiger partial charge in [-0.15, -0.1) is 0 Å². The first-order chi connectivity index (χ1) is 8.70. The summed E-state index contributed by atoms with van der Waals surface area (Å²) in [4.78, 5) is 10.5. The maximum atomic E-state index is 13.6. The van der Waals surface area contributed by atoms with E-state index in [4.69, 9.17) is 5.11 Å². The van der Waals surface area contributed by atoms with Crippen LogP contribution in [0.25, 0.3) is 0 Å². The zero-order valence-electron chi connectivity index (χ0n) is 10.1. The maximum absolute atomic E-state index is 13.6. The second-order valence-corrected chi connectivity index (χ2v) is 7.12. The van der Waals surface area contributed by atoms with E-state index in [-0.39, 0.29) is 18.8 Å². The lowest BCUT2D eigenvalue weighted by molar-refractivity contribution is -0.143. The van der Waals surface area contributed by atoms with Gasteiger partial charge in [0.2, 0.25) is 0 Å². The first-order valence-electron chi connectivity index (χ1n) is 5.64. The molecule has 1 aromatic rings. The van der Waals surface area contributed by atoms with Crippen LogP contribution in [0.4, 0.5) is 8.78 Å². The molecular formula is C12H12F2O4S. The molecule has 1 fully saturated rings. The summed E-state index contributed by atoms with van der Waals surface area (Å²) in [6, 6.07) is 2.01. The Bertz CT molecular complexity index is 633. The highest BCUT2D eigenvalue weighted by molar-refractivity contribution is 7.93. The van der Waals surface area contributed by atoms with Gasteiger partial charge in [-0.3, -0.25) is 4.79 Å². The van der Waals surface area contributed by atoms with Gasteiger partial charge in [-0.25, -0.2) is 17.2 Å². The molecule has 1 N–H and O–H groups in total. The topological polar surface area (TPSA) is 71.4 Å². The van der Waals surface area contributed by atoms with Crippen LogP contribution >= 0.6 is 0 Å². The lowest BCUT2D eigenvalue weighted by Gasteiger charge is -2.41. The van der Waals surface area contributed by atoms with Gasteiger partial charge in [-0.05, 0) is 30.9 Å². The van der Waals surface area contributed by atoms with E-state index >= 15 is 0 Å². The van der Waals surface area contributed by atoms with Crippen molar-refractivity contribution >= 4 is 15.8 Å². The van der Waals surface area contributed by atoms with E-state index in [1.54, 1.807) is 6.92 Å². The first kappa shape index (κ1) is 13.9. The summed E-state index contributed by atoms with van der Waals surface area (Å²) in [5, 5.41) is 9.17. The van der Waals surface area contributed by atoms with Crippen molar-refractivity contribution in [1.29, 1.82) is 0 Å². The molecule has 1 aliphatic carbocycles. The fourth-order valence-corrected chi connectivity index (χ4v) is 4.70. The van der Waals surface area contributed by atoms with Crippen LogP contribution in [0.5, 0.6) is 0 Å². The zero-order valence-corrected chi connectivity index (χ0v) is 10.9. The van der Waals surface area contributed by atoms with Crippen LogP contribution in [-0.4, -0.2) is 24.2 Å². The molecule has 0 bridgehead atoms. The third-order valence-corrected chi connectivity index (χ3v) is 5.89. The van der Waals surface area contributed by atoms with Gasteiger partial charge in [0.05, 0.1) is 0 Å². The smallest absolute Gasteiger partial charge is 0.325 e. The van der Waals surface area contributed by atoms with Gasteiger partial charge in [0, 0.05) is 6.07 Å². The molecule has 1 saturated carbocycles. The summed E-state index contributed by atoms with van der Waals surface area (Å²) >= 11 is 0. The molecule has 0 amide bonds. The molecule has 4 nitrogen and oxygen atoms in total. The lowest BCUT2D eigenvalue weighted by Crippen LogP contribution is -2.55. The van der Waals surface area contributed by atoms with E-state index in [1.165, 1.54) is 0 Å². The fourth-order valence-electron chi connectivity index (χ4n) is 2.48. The molecule has 1 aromatic carbocycles. The quantitative estimate of drug-likeness (QED) is 0.864. The van der Waals surface area contributed by atoms with Crippen molar-refractivity contribution in [1.82, 2.24) is 0 Å². The van der Waals surface area contributed by atoms with E-state index in [2.05, 4.69) is 0 Å². The number of hydrogen-bond acceptors (Lipinski definition) is 3. The lowest BCUT2D eigenvalue weighted by atomic mass is 9.75. The predicted molar refractivity (Wildman–Crippen MR) is 62.3 cm³/mol. The van der Waals surface area contributed by atoms with Crippen LogP contribution in [0, 0.1) is 17.6 Å². The summed E-state index contributed by atoms with van der Waals surface area (Å²) in [7, 11) is -4.38. The molecule has 0 spiro atoms. The summed E-state index contributed by atoms with van der Waals surface area (Å²) in [6.07, 6.45) is -0.136. The second kappa shape index (κ2) is 4.26. The molecule has 2 rings (SSSR count). The Kier molecular flexibility index (Phi) is 3.12. The van der Waals surface area contributed by atoms with Crippen molar-refractivity contribution in [3.8, 4) is 0 Å². The van der Waals surface area contributed by atoms with E-state index < -0.39 is 37.1 Å². The summed E-state index contributed by atoms with van der Waals surface area (Å²) in [5.41, 5.74) is 0. The first-order valence-corrected chi connectivity index (χ1v) is 7.12. The van der Waals surface area contributed by atoms with Crippen molar-refractivity contribution in [2.45, 2.75) is 29.4 Å². The molecule has 0 saturated heterocycles. The fraction of sp³-hybridized carbons (Fsp3) is 0.417. The number of carbonyl (C=O) groups is 1. The summed E-state index contributed by atoms with van der Waals surface area (Å²) in [5.74, 6) is -3.73. The van der Waals surface area contributed by atoms with Gasteiger partial charge in [0.25, 0.3) is 0 Å². The minimum absolute atomic E-state index is 0.0608. The number of hydrogen-bond donors (Lipinski definition) is 1. The average Bonchev–Trinajstić information content (AvgIpc) is 2.22. The Morgan fingerprint density at radius 3 is 2.37 bits per heavy atom. The van der Waals surface area contributed by atoms with E-state index in [9.17, 15) is 22.0 Å². The highest BCUT2D eigenvalue weighted by Crippen LogP contribution is 2.47. The molecule has 0 radical (unpaired) electrons. The second-order valence-electron chi connectivity index (χ2n) is 4.89. The molecule has 0 atom stereocenters. The largest absolute Gasteiger partial charge is 0.480 e. The van der Waals surface area contributed by atoms with Crippen LogP contribution in [0.15, 0.2) is 23.1 Å². The number of rotatable bonds is 3. The Balaban J connectivity index is 2.56. The summed E-state index contributed by atoms with van der Waals surface area (Å²) < 4.78 is 49.0.